The highest BCUT2D eigenvalue weighted by Gasteiger charge is 2.14. The molecule has 1 amide bonds. The molecule has 0 aromatic heterocycles. The largest absolute Gasteiger partial charge is 0.494 e. The molecule has 1 aromatic rings. The van der Waals surface area contributed by atoms with E-state index in [0.717, 1.165) is 12.8 Å². The molecule has 0 heterocycles. The lowest BCUT2D eigenvalue weighted by molar-refractivity contribution is -0.116. The van der Waals surface area contributed by atoms with Gasteiger partial charge in [0.05, 0.1) is 20.3 Å². The van der Waals surface area contributed by atoms with E-state index in [2.05, 4.69) is 18.3 Å². The van der Waals surface area contributed by atoms with Crippen molar-refractivity contribution in [1.29, 1.82) is 0 Å². The molecule has 29 heavy (non-hydrogen) atoms. The zero-order valence-electron chi connectivity index (χ0n) is 18.3. The highest BCUT2D eigenvalue weighted by atomic mass is 35.5. The lowest BCUT2D eigenvalue weighted by Gasteiger charge is -2.14. The third-order valence-electron chi connectivity index (χ3n) is 4.80. The second kappa shape index (κ2) is 15.2. The molecule has 0 saturated carbocycles. The molecule has 0 saturated heterocycles. The van der Waals surface area contributed by atoms with E-state index in [1.165, 1.54) is 46.3 Å². The van der Waals surface area contributed by atoms with E-state index in [9.17, 15) is 4.79 Å². The first-order valence-corrected chi connectivity index (χ1v) is 10.8. The molecule has 1 N–H and O–H groups in total. The van der Waals surface area contributed by atoms with Gasteiger partial charge in [-0.2, -0.15) is 0 Å². The third kappa shape index (κ3) is 10.0. The maximum Gasteiger partial charge on any atom is 0.224 e. The summed E-state index contributed by atoms with van der Waals surface area (Å²) >= 11 is 6.03. The number of ether oxygens (including phenoxy) is 3. The summed E-state index contributed by atoms with van der Waals surface area (Å²) in [5, 5.41) is 3.34. The summed E-state index contributed by atoms with van der Waals surface area (Å²) in [6.45, 7) is 2.23. The van der Waals surface area contributed by atoms with Crippen LogP contribution in [0, 0.1) is 0 Å². The fraction of sp³-hybridized carbons (Fsp3) is 0.609. The zero-order chi connectivity index (χ0) is 21.5. The van der Waals surface area contributed by atoms with Crippen molar-refractivity contribution in [2.75, 3.05) is 26.6 Å². The summed E-state index contributed by atoms with van der Waals surface area (Å²) in [7, 11) is 4.82. The molecule has 0 spiro atoms. The maximum atomic E-state index is 12.3. The van der Waals surface area contributed by atoms with E-state index in [1.807, 2.05) is 6.08 Å². The van der Waals surface area contributed by atoms with E-state index in [-0.39, 0.29) is 12.0 Å². The Bertz CT molecular complexity index is 608. The number of methoxy groups -OCH3 is 3. The van der Waals surface area contributed by atoms with Crippen molar-refractivity contribution in [3.63, 3.8) is 0 Å². The van der Waals surface area contributed by atoms with Crippen LogP contribution in [0.2, 0.25) is 5.02 Å². The average Bonchev–Trinajstić information content (AvgIpc) is 2.72. The number of nitrogens with one attached hydrogen (secondary N) is 1. The first-order valence-electron chi connectivity index (χ1n) is 10.4. The predicted octanol–water partition coefficient (Wildman–Crippen LogP) is 6.40. The Morgan fingerprint density at radius 1 is 1.07 bits per heavy atom. The number of anilines is 1. The van der Waals surface area contributed by atoms with Crippen LogP contribution in [-0.2, 0) is 9.53 Å². The molecule has 1 atom stereocenters. The Kier molecular flexibility index (Phi) is 13.2. The van der Waals surface area contributed by atoms with Gasteiger partial charge in [-0.1, -0.05) is 62.8 Å². The number of carbonyl (C=O) groups is 1. The summed E-state index contributed by atoms with van der Waals surface area (Å²) < 4.78 is 16.2. The second-order valence-electron chi connectivity index (χ2n) is 7.04. The molecule has 0 radical (unpaired) electrons. The summed E-state index contributed by atoms with van der Waals surface area (Å²) in [6, 6.07) is 3.29. The van der Waals surface area contributed by atoms with E-state index < -0.39 is 0 Å². The average molecular weight is 426 g/mol. The van der Waals surface area contributed by atoms with E-state index >= 15 is 0 Å². The number of halogens is 1. The predicted molar refractivity (Wildman–Crippen MR) is 120 cm³/mol. The first kappa shape index (κ1) is 25.3. The van der Waals surface area contributed by atoms with Gasteiger partial charge in [-0.25, -0.2) is 0 Å². The van der Waals surface area contributed by atoms with Crippen LogP contribution in [0.1, 0.15) is 64.7 Å². The van der Waals surface area contributed by atoms with Gasteiger partial charge >= 0.3 is 0 Å². The van der Waals surface area contributed by atoms with Crippen molar-refractivity contribution in [1.82, 2.24) is 0 Å². The molecule has 0 fully saturated rings. The monoisotopic (exact) mass is 425 g/mol. The molecule has 0 unspecified atom stereocenters. The summed E-state index contributed by atoms with van der Waals surface area (Å²) in [5.74, 6) is 0.841. The Labute approximate surface area is 180 Å². The van der Waals surface area contributed by atoms with Crippen LogP contribution in [0.25, 0.3) is 0 Å². The minimum atomic E-state index is -0.104. The van der Waals surface area contributed by atoms with Crippen LogP contribution < -0.4 is 14.8 Å². The van der Waals surface area contributed by atoms with Gasteiger partial charge in [-0.15, -0.1) is 0 Å². The number of hydrogen-bond acceptors (Lipinski definition) is 4. The van der Waals surface area contributed by atoms with E-state index in [1.54, 1.807) is 19.2 Å². The van der Waals surface area contributed by atoms with Crippen LogP contribution in [0.3, 0.4) is 0 Å². The van der Waals surface area contributed by atoms with Crippen LogP contribution in [0.5, 0.6) is 11.5 Å². The van der Waals surface area contributed by atoms with Gasteiger partial charge in [0.15, 0.2) is 0 Å². The fourth-order valence-electron chi connectivity index (χ4n) is 3.09. The SMILES string of the molecule is CCCCCCC[C@@H](C/C=C/CCC(=O)Nc1c(OC)cc(Cl)cc1OC)OC. The minimum absolute atomic E-state index is 0.104. The van der Waals surface area contributed by atoms with Gasteiger partial charge in [0.1, 0.15) is 17.2 Å². The van der Waals surface area contributed by atoms with Crippen molar-refractivity contribution in [2.45, 2.75) is 70.8 Å². The molecule has 1 rings (SSSR count). The Morgan fingerprint density at radius 3 is 2.31 bits per heavy atom. The maximum absolute atomic E-state index is 12.3. The van der Waals surface area contributed by atoms with Gasteiger partial charge in [0.25, 0.3) is 0 Å². The normalized spacial score (nSPS) is 12.2. The highest BCUT2D eigenvalue weighted by Crippen LogP contribution is 2.37. The minimum Gasteiger partial charge on any atom is -0.494 e. The molecule has 0 aliphatic carbocycles. The third-order valence-corrected chi connectivity index (χ3v) is 5.02. The van der Waals surface area contributed by atoms with Crippen LogP contribution in [-0.4, -0.2) is 33.3 Å². The van der Waals surface area contributed by atoms with Crippen molar-refractivity contribution in [3.8, 4) is 11.5 Å². The van der Waals surface area contributed by atoms with Crippen molar-refractivity contribution in [2.24, 2.45) is 0 Å². The number of benzene rings is 1. The second-order valence-corrected chi connectivity index (χ2v) is 7.48. The van der Waals surface area contributed by atoms with Gasteiger partial charge in [0, 0.05) is 30.7 Å². The smallest absolute Gasteiger partial charge is 0.224 e. The number of amides is 1. The summed E-state index contributed by atoms with van der Waals surface area (Å²) in [5.41, 5.74) is 0.496. The molecule has 0 aliphatic rings. The molecule has 164 valence electrons. The number of allylic oxidation sites excluding steroid dienone is 1. The Hall–Kier alpha value is -1.72. The number of unbranched alkanes of at least 4 members (excludes halogenated alkanes) is 4. The van der Waals surface area contributed by atoms with Gasteiger partial charge in [0.2, 0.25) is 5.91 Å². The Balaban J connectivity index is 2.40. The Morgan fingerprint density at radius 2 is 1.72 bits per heavy atom. The van der Waals surface area contributed by atoms with Gasteiger partial charge in [-0.05, 0) is 19.3 Å². The van der Waals surface area contributed by atoms with Gasteiger partial charge < -0.3 is 19.5 Å². The number of rotatable bonds is 15. The zero-order valence-corrected chi connectivity index (χ0v) is 19.0. The molecule has 0 bridgehead atoms. The molecule has 6 heteroatoms. The molecule has 1 aromatic carbocycles. The van der Waals surface area contributed by atoms with Gasteiger partial charge in [-0.3, -0.25) is 4.79 Å². The number of carbonyl (C=O) groups excluding carboxylic acids is 1. The quantitative estimate of drug-likeness (QED) is 0.261. The van der Waals surface area contributed by atoms with Crippen LogP contribution in [0.15, 0.2) is 24.3 Å². The lowest BCUT2D eigenvalue weighted by Crippen LogP contribution is -2.12. The first-order chi connectivity index (χ1) is 14.0. The van der Waals surface area contributed by atoms with E-state index in [0.29, 0.717) is 35.1 Å². The van der Waals surface area contributed by atoms with Crippen molar-refractivity contribution < 1.29 is 19.0 Å². The molecule has 0 aliphatic heterocycles. The summed E-state index contributed by atoms with van der Waals surface area (Å²) in [6.07, 6.45) is 13.8. The fourth-order valence-corrected chi connectivity index (χ4v) is 3.29. The topological polar surface area (TPSA) is 56.8 Å². The number of hydrogen-bond donors (Lipinski definition) is 1. The molecule has 5 nitrogen and oxygen atoms in total. The standard InChI is InChI=1S/C23H36ClNO4/c1-5-6-7-8-10-13-19(27-2)14-11-9-12-15-22(26)25-23-20(28-3)16-18(24)17-21(23)29-4/h9,11,16-17,19H,5-8,10,12-15H2,1-4H3,(H,25,26)/b11-9+/t19-/m0/s1. The lowest BCUT2D eigenvalue weighted by atomic mass is 10.1. The van der Waals surface area contributed by atoms with Crippen LogP contribution in [0.4, 0.5) is 5.69 Å². The van der Waals surface area contributed by atoms with Crippen LogP contribution >= 0.6 is 11.6 Å². The van der Waals surface area contributed by atoms with Crippen molar-refractivity contribution >= 4 is 23.2 Å². The highest BCUT2D eigenvalue weighted by molar-refractivity contribution is 6.31. The van der Waals surface area contributed by atoms with E-state index in [4.69, 9.17) is 25.8 Å². The van der Waals surface area contributed by atoms with Crippen molar-refractivity contribution in [3.05, 3.63) is 29.3 Å². The summed E-state index contributed by atoms with van der Waals surface area (Å²) in [4.78, 5) is 12.3. The molecular formula is C23H36ClNO4. The molecular weight excluding hydrogens is 390 g/mol.